The quantitative estimate of drug-likeness (QED) is 0.749. The Balaban J connectivity index is 2.26. The van der Waals surface area contributed by atoms with E-state index >= 15 is 0 Å². The lowest BCUT2D eigenvalue weighted by molar-refractivity contribution is -0.138. The fraction of sp³-hybridized carbons (Fsp3) is 0.500. The van der Waals surface area contributed by atoms with Crippen molar-refractivity contribution in [2.45, 2.75) is 31.8 Å². The van der Waals surface area contributed by atoms with Crippen LogP contribution in [-0.4, -0.2) is 28.1 Å². The fourth-order valence-electron chi connectivity index (χ4n) is 2.11. The van der Waals surface area contributed by atoms with E-state index in [0.717, 1.165) is 18.7 Å². The molecule has 2 N–H and O–H groups in total. The van der Waals surface area contributed by atoms with Gasteiger partial charge in [-0.25, -0.2) is 4.79 Å². The zero-order valence-electron chi connectivity index (χ0n) is 8.10. The Morgan fingerprint density at radius 1 is 1.64 bits per heavy atom. The van der Waals surface area contributed by atoms with Crippen LogP contribution in [0.2, 0.25) is 0 Å². The summed E-state index contributed by atoms with van der Waals surface area (Å²) in [5.74, 6) is 0.173. The second kappa shape index (κ2) is 3.36. The van der Waals surface area contributed by atoms with Gasteiger partial charge in [0.2, 0.25) is 0 Å². The molecule has 14 heavy (non-hydrogen) atoms. The van der Waals surface area contributed by atoms with Gasteiger partial charge >= 0.3 is 5.97 Å². The van der Waals surface area contributed by atoms with E-state index in [-0.39, 0.29) is 6.04 Å². The van der Waals surface area contributed by atoms with Crippen molar-refractivity contribution >= 4 is 11.8 Å². The molecule has 2 rings (SSSR count). The van der Waals surface area contributed by atoms with Crippen molar-refractivity contribution in [3.63, 3.8) is 0 Å². The number of nitrogens with zero attached hydrogens (tertiary/aromatic N) is 1. The first-order chi connectivity index (χ1) is 6.70. The number of H-pyrrole nitrogens is 1. The minimum atomic E-state index is -0.732. The molecule has 4 nitrogen and oxygen atoms in total. The predicted octanol–water partition coefficient (Wildman–Crippen LogP) is 1.46. The third kappa shape index (κ3) is 1.36. The molecule has 1 aliphatic heterocycles. The van der Waals surface area contributed by atoms with Crippen molar-refractivity contribution < 1.29 is 9.90 Å². The van der Waals surface area contributed by atoms with E-state index in [1.807, 2.05) is 23.2 Å². The maximum atomic E-state index is 11.0. The molecular weight excluding hydrogens is 180 g/mol. The standard InChI is InChI=1S/C10H14N2O2/c1-7-4-5-8(10(13)14)12(7)9-3-2-6-11-9/h2-3,6-8,11H,4-5H2,1H3,(H,13,14). The number of carboxylic acid groups (broad SMARTS) is 1. The smallest absolute Gasteiger partial charge is 0.326 e. The molecule has 1 aliphatic rings. The number of carboxylic acids is 1. The molecule has 0 radical (unpaired) electrons. The highest BCUT2D eigenvalue weighted by molar-refractivity contribution is 5.78. The first kappa shape index (κ1) is 9.12. The molecule has 2 heterocycles. The highest BCUT2D eigenvalue weighted by atomic mass is 16.4. The summed E-state index contributed by atoms with van der Waals surface area (Å²) in [6, 6.07) is 3.73. The Bertz CT molecular complexity index is 321. The Morgan fingerprint density at radius 2 is 2.43 bits per heavy atom. The van der Waals surface area contributed by atoms with E-state index in [0.29, 0.717) is 6.04 Å². The molecule has 1 fully saturated rings. The van der Waals surface area contributed by atoms with Crippen molar-refractivity contribution in [3.05, 3.63) is 18.3 Å². The van der Waals surface area contributed by atoms with Gasteiger partial charge in [-0.2, -0.15) is 0 Å². The van der Waals surface area contributed by atoms with Crippen LogP contribution in [0.3, 0.4) is 0 Å². The molecule has 0 aliphatic carbocycles. The number of hydrogen-bond donors (Lipinski definition) is 2. The van der Waals surface area contributed by atoms with Gasteiger partial charge in [0.15, 0.2) is 0 Å². The summed E-state index contributed by atoms with van der Waals surface area (Å²) in [4.78, 5) is 16.0. The average Bonchev–Trinajstić information content (AvgIpc) is 2.71. The van der Waals surface area contributed by atoms with Gasteiger partial charge in [-0.1, -0.05) is 0 Å². The first-order valence-electron chi connectivity index (χ1n) is 4.84. The molecule has 2 unspecified atom stereocenters. The molecule has 2 atom stereocenters. The van der Waals surface area contributed by atoms with Crippen molar-refractivity contribution in [2.75, 3.05) is 4.90 Å². The third-order valence-electron chi connectivity index (χ3n) is 2.81. The van der Waals surface area contributed by atoms with E-state index in [2.05, 4.69) is 11.9 Å². The molecule has 1 aromatic rings. The van der Waals surface area contributed by atoms with Crippen molar-refractivity contribution in [1.29, 1.82) is 0 Å². The number of aliphatic carboxylic acids is 1. The predicted molar refractivity (Wildman–Crippen MR) is 53.4 cm³/mol. The third-order valence-corrected chi connectivity index (χ3v) is 2.81. The Morgan fingerprint density at radius 3 is 3.00 bits per heavy atom. The summed E-state index contributed by atoms with van der Waals surface area (Å²) in [7, 11) is 0. The fourth-order valence-corrected chi connectivity index (χ4v) is 2.11. The molecule has 0 amide bonds. The molecule has 0 aromatic carbocycles. The van der Waals surface area contributed by atoms with E-state index in [1.165, 1.54) is 0 Å². The van der Waals surface area contributed by atoms with Gasteiger partial charge < -0.3 is 15.0 Å². The maximum absolute atomic E-state index is 11.0. The van der Waals surface area contributed by atoms with Gasteiger partial charge in [-0.15, -0.1) is 0 Å². The van der Waals surface area contributed by atoms with Gasteiger partial charge in [0, 0.05) is 12.2 Å². The summed E-state index contributed by atoms with van der Waals surface area (Å²) < 4.78 is 0. The minimum Gasteiger partial charge on any atom is -0.480 e. The van der Waals surface area contributed by atoms with E-state index in [1.54, 1.807) is 0 Å². The number of nitrogens with one attached hydrogen (secondary N) is 1. The van der Waals surface area contributed by atoms with Gasteiger partial charge in [0.1, 0.15) is 11.9 Å². The lowest BCUT2D eigenvalue weighted by Crippen LogP contribution is -2.39. The zero-order valence-corrected chi connectivity index (χ0v) is 8.10. The monoisotopic (exact) mass is 194 g/mol. The molecule has 76 valence electrons. The Kier molecular flexibility index (Phi) is 2.19. The first-order valence-corrected chi connectivity index (χ1v) is 4.84. The SMILES string of the molecule is CC1CCC(C(=O)O)N1c1ccc[nH]1. The molecular formula is C10H14N2O2. The number of rotatable bonds is 2. The van der Waals surface area contributed by atoms with Crippen molar-refractivity contribution in [3.8, 4) is 0 Å². The minimum absolute atomic E-state index is 0.301. The topological polar surface area (TPSA) is 56.3 Å². The number of carbonyl (C=O) groups is 1. The van der Waals surface area contributed by atoms with Crippen LogP contribution in [0.15, 0.2) is 18.3 Å². The number of hydrogen-bond acceptors (Lipinski definition) is 2. The van der Waals surface area contributed by atoms with Gasteiger partial charge in [-0.3, -0.25) is 0 Å². The highest BCUT2D eigenvalue weighted by Crippen LogP contribution is 2.29. The number of aromatic nitrogens is 1. The molecule has 4 heteroatoms. The summed E-state index contributed by atoms with van der Waals surface area (Å²) >= 11 is 0. The van der Waals surface area contributed by atoms with Crippen LogP contribution in [0, 0.1) is 0 Å². The van der Waals surface area contributed by atoms with Crippen LogP contribution < -0.4 is 4.90 Å². The summed E-state index contributed by atoms with van der Waals surface area (Å²) in [5.41, 5.74) is 0. The molecule has 1 saturated heterocycles. The molecule has 0 saturated carbocycles. The van der Waals surface area contributed by atoms with Crippen LogP contribution in [0.25, 0.3) is 0 Å². The lowest BCUT2D eigenvalue weighted by Gasteiger charge is -2.26. The second-order valence-corrected chi connectivity index (χ2v) is 3.74. The average molecular weight is 194 g/mol. The van der Waals surface area contributed by atoms with Crippen LogP contribution in [0.4, 0.5) is 5.82 Å². The van der Waals surface area contributed by atoms with E-state index in [9.17, 15) is 4.79 Å². The van der Waals surface area contributed by atoms with Crippen molar-refractivity contribution in [1.82, 2.24) is 4.98 Å². The lowest BCUT2D eigenvalue weighted by atomic mass is 10.2. The largest absolute Gasteiger partial charge is 0.480 e. The second-order valence-electron chi connectivity index (χ2n) is 3.74. The zero-order chi connectivity index (χ0) is 10.1. The molecule has 0 spiro atoms. The highest BCUT2D eigenvalue weighted by Gasteiger charge is 2.35. The van der Waals surface area contributed by atoms with Crippen LogP contribution in [0.1, 0.15) is 19.8 Å². The summed E-state index contributed by atoms with van der Waals surface area (Å²) in [6.07, 6.45) is 3.49. The number of aromatic amines is 1. The normalized spacial score (nSPS) is 26.8. The van der Waals surface area contributed by atoms with Gasteiger partial charge in [0.05, 0.1) is 0 Å². The molecule has 0 bridgehead atoms. The summed E-state index contributed by atoms with van der Waals surface area (Å²) in [6.45, 7) is 2.06. The number of anilines is 1. The van der Waals surface area contributed by atoms with Crippen molar-refractivity contribution in [2.24, 2.45) is 0 Å². The van der Waals surface area contributed by atoms with Crippen LogP contribution >= 0.6 is 0 Å². The van der Waals surface area contributed by atoms with Crippen LogP contribution in [0.5, 0.6) is 0 Å². The van der Waals surface area contributed by atoms with Gasteiger partial charge in [-0.05, 0) is 31.9 Å². The van der Waals surface area contributed by atoms with Crippen LogP contribution in [-0.2, 0) is 4.79 Å². The Hall–Kier alpha value is -1.45. The maximum Gasteiger partial charge on any atom is 0.326 e. The van der Waals surface area contributed by atoms with E-state index in [4.69, 9.17) is 5.11 Å². The molecule has 1 aromatic heterocycles. The van der Waals surface area contributed by atoms with Gasteiger partial charge in [0.25, 0.3) is 0 Å². The Labute approximate surface area is 82.5 Å². The summed E-state index contributed by atoms with van der Waals surface area (Å²) in [5, 5.41) is 9.04. The van der Waals surface area contributed by atoms with E-state index < -0.39 is 5.97 Å².